The molecular weight excluding hydrogens is 446 g/mol. The highest BCUT2D eigenvalue weighted by molar-refractivity contribution is 6.31. The van der Waals surface area contributed by atoms with Crippen LogP contribution in [0, 0.1) is 0 Å². The molecule has 7 nitrogen and oxygen atoms in total. The molecule has 8 heteroatoms. The summed E-state index contributed by atoms with van der Waals surface area (Å²) in [7, 11) is 3.04. The third-order valence-electron chi connectivity index (χ3n) is 5.72. The molecule has 1 aromatic heterocycles. The maximum absolute atomic E-state index is 13.6. The number of carbonyl (C=O) groups is 2. The van der Waals surface area contributed by atoms with Crippen molar-refractivity contribution in [2.75, 3.05) is 20.8 Å². The number of methoxy groups -OCH3 is 2. The molecule has 172 valence electrons. The zero-order chi connectivity index (χ0) is 23.7. The molecule has 4 rings (SSSR count). The zero-order valence-corrected chi connectivity index (χ0v) is 19.3. The molecule has 33 heavy (non-hydrogen) atoms. The highest BCUT2D eigenvalue weighted by Gasteiger charge is 2.44. The highest BCUT2D eigenvalue weighted by atomic mass is 35.5. The van der Waals surface area contributed by atoms with Crippen molar-refractivity contribution >= 4 is 34.3 Å². The summed E-state index contributed by atoms with van der Waals surface area (Å²) < 4.78 is 16.4. The van der Waals surface area contributed by atoms with Gasteiger partial charge in [-0.3, -0.25) is 9.59 Å². The Hall–Kier alpha value is -3.45. The SMILES string of the molecule is CCCCN1C(=O)C(O)=C(C(=O)c2cc3cc(Cl)cc(OC)c3o2)C1c1ccc(OC)cc1. The van der Waals surface area contributed by atoms with Gasteiger partial charge in [-0.1, -0.05) is 37.1 Å². The smallest absolute Gasteiger partial charge is 0.290 e. The predicted octanol–water partition coefficient (Wildman–Crippen LogP) is 5.48. The summed E-state index contributed by atoms with van der Waals surface area (Å²) in [5.74, 6) is -0.711. The lowest BCUT2D eigenvalue weighted by molar-refractivity contribution is -0.129. The van der Waals surface area contributed by atoms with Crippen molar-refractivity contribution in [2.45, 2.75) is 25.8 Å². The summed E-state index contributed by atoms with van der Waals surface area (Å²) in [4.78, 5) is 28.1. The summed E-state index contributed by atoms with van der Waals surface area (Å²) in [6.45, 7) is 2.41. The van der Waals surface area contributed by atoms with Crippen molar-refractivity contribution in [3.05, 3.63) is 70.1 Å². The van der Waals surface area contributed by atoms with Gasteiger partial charge in [0.15, 0.2) is 22.9 Å². The van der Waals surface area contributed by atoms with E-state index in [0.29, 0.717) is 39.6 Å². The molecule has 0 saturated carbocycles. The van der Waals surface area contributed by atoms with Crippen LogP contribution in [-0.2, 0) is 4.79 Å². The van der Waals surface area contributed by atoms with Crippen molar-refractivity contribution in [3.63, 3.8) is 0 Å². The minimum Gasteiger partial charge on any atom is -0.503 e. The van der Waals surface area contributed by atoms with E-state index in [9.17, 15) is 14.7 Å². The fraction of sp³-hybridized carbons (Fsp3) is 0.280. The van der Waals surface area contributed by atoms with E-state index in [0.717, 1.165) is 12.8 Å². The first-order chi connectivity index (χ1) is 15.9. The molecule has 1 N–H and O–H groups in total. The van der Waals surface area contributed by atoms with Gasteiger partial charge in [0.1, 0.15) is 5.75 Å². The van der Waals surface area contributed by atoms with Crippen LogP contribution in [0.25, 0.3) is 11.0 Å². The van der Waals surface area contributed by atoms with Gasteiger partial charge in [-0.15, -0.1) is 0 Å². The number of amides is 1. The Kier molecular flexibility index (Phi) is 6.33. The number of rotatable bonds is 8. The molecule has 1 unspecified atom stereocenters. The number of carbonyl (C=O) groups excluding carboxylic acids is 2. The average Bonchev–Trinajstić information content (AvgIpc) is 3.36. The molecule has 1 aliphatic rings. The van der Waals surface area contributed by atoms with Crippen LogP contribution in [-0.4, -0.2) is 42.5 Å². The topological polar surface area (TPSA) is 89.2 Å². The molecule has 0 fully saturated rings. The predicted molar refractivity (Wildman–Crippen MR) is 124 cm³/mol. The van der Waals surface area contributed by atoms with Crippen LogP contribution in [0.4, 0.5) is 0 Å². The number of fused-ring (bicyclic) bond motifs is 1. The lowest BCUT2D eigenvalue weighted by Gasteiger charge is -2.26. The summed E-state index contributed by atoms with van der Waals surface area (Å²) in [6.07, 6.45) is 1.58. The number of nitrogens with zero attached hydrogens (tertiary/aromatic N) is 1. The quantitative estimate of drug-likeness (QED) is 0.439. The number of aliphatic hydroxyl groups excluding tert-OH is 1. The third kappa shape index (κ3) is 4.04. The molecule has 0 saturated heterocycles. The second-order valence-electron chi connectivity index (χ2n) is 7.76. The maximum atomic E-state index is 13.6. The summed E-state index contributed by atoms with van der Waals surface area (Å²) >= 11 is 6.14. The minimum absolute atomic E-state index is 0.0178. The number of Topliss-reactive ketones (excluding diaryl/α,β-unsaturated/α-hetero) is 1. The van der Waals surface area contributed by atoms with E-state index >= 15 is 0 Å². The number of halogens is 1. The Morgan fingerprint density at radius 2 is 1.88 bits per heavy atom. The van der Waals surface area contributed by atoms with E-state index in [1.165, 1.54) is 18.1 Å². The van der Waals surface area contributed by atoms with Gasteiger partial charge in [0.25, 0.3) is 5.91 Å². The number of aliphatic hydroxyl groups is 1. The normalized spacial score (nSPS) is 16.1. The van der Waals surface area contributed by atoms with E-state index in [-0.39, 0.29) is 11.3 Å². The standard InChI is InChI=1S/C25H24ClNO6/c1-4-5-10-27-21(14-6-8-17(31-2)9-7-14)20(23(29)25(27)30)22(28)18-12-15-11-16(26)13-19(32-3)24(15)33-18/h6-9,11-13,21,29H,4-5,10H2,1-3H3. The zero-order valence-electron chi connectivity index (χ0n) is 18.6. The number of ether oxygens (including phenoxy) is 2. The lowest BCUT2D eigenvalue weighted by Crippen LogP contribution is -2.32. The summed E-state index contributed by atoms with van der Waals surface area (Å²) in [5, 5.41) is 11.8. The van der Waals surface area contributed by atoms with Gasteiger partial charge in [-0.05, 0) is 36.2 Å². The monoisotopic (exact) mass is 469 g/mol. The number of furan rings is 1. The van der Waals surface area contributed by atoms with Crippen molar-refractivity contribution < 1.29 is 28.6 Å². The second-order valence-corrected chi connectivity index (χ2v) is 8.19. The Balaban J connectivity index is 1.81. The van der Waals surface area contributed by atoms with Crippen LogP contribution in [0.3, 0.4) is 0 Å². The molecule has 2 heterocycles. The number of benzene rings is 2. The van der Waals surface area contributed by atoms with Gasteiger partial charge < -0.3 is 23.9 Å². The molecule has 1 aliphatic heterocycles. The first-order valence-electron chi connectivity index (χ1n) is 10.6. The molecule has 1 amide bonds. The molecule has 0 radical (unpaired) electrons. The Morgan fingerprint density at radius 1 is 1.15 bits per heavy atom. The molecule has 1 atom stereocenters. The van der Waals surface area contributed by atoms with E-state index < -0.39 is 23.5 Å². The number of ketones is 1. The minimum atomic E-state index is -0.749. The van der Waals surface area contributed by atoms with Gasteiger partial charge in [0.2, 0.25) is 5.78 Å². The van der Waals surface area contributed by atoms with Crippen LogP contribution in [0.2, 0.25) is 5.02 Å². The molecule has 3 aromatic rings. The van der Waals surface area contributed by atoms with Gasteiger partial charge in [-0.25, -0.2) is 0 Å². The first-order valence-corrected chi connectivity index (χ1v) is 11.0. The Morgan fingerprint density at radius 3 is 2.52 bits per heavy atom. The van der Waals surface area contributed by atoms with Crippen LogP contribution in [0.1, 0.15) is 41.9 Å². The first kappa shape index (κ1) is 22.7. The van der Waals surface area contributed by atoms with Gasteiger partial charge in [-0.2, -0.15) is 0 Å². The van der Waals surface area contributed by atoms with E-state index in [1.54, 1.807) is 43.5 Å². The van der Waals surface area contributed by atoms with Gasteiger partial charge in [0, 0.05) is 23.0 Å². The van der Waals surface area contributed by atoms with Crippen molar-refractivity contribution in [3.8, 4) is 11.5 Å². The Bertz CT molecular complexity index is 1240. The van der Waals surface area contributed by atoms with Crippen LogP contribution < -0.4 is 9.47 Å². The molecule has 0 spiro atoms. The van der Waals surface area contributed by atoms with Gasteiger partial charge in [0.05, 0.1) is 25.8 Å². The van der Waals surface area contributed by atoms with Crippen LogP contribution in [0.5, 0.6) is 11.5 Å². The van der Waals surface area contributed by atoms with Crippen molar-refractivity contribution in [1.82, 2.24) is 4.90 Å². The average molecular weight is 470 g/mol. The third-order valence-corrected chi connectivity index (χ3v) is 5.94. The number of hydrogen-bond donors (Lipinski definition) is 1. The van der Waals surface area contributed by atoms with Crippen molar-refractivity contribution in [1.29, 1.82) is 0 Å². The van der Waals surface area contributed by atoms with Crippen LogP contribution in [0.15, 0.2) is 58.2 Å². The van der Waals surface area contributed by atoms with E-state index in [4.69, 9.17) is 25.5 Å². The highest BCUT2D eigenvalue weighted by Crippen LogP contribution is 2.41. The largest absolute Gasteiger partial charge is 0.503 e. The molecule has 0 bridgehead atoms. The Labute approximate surface area is 196 Å². The molecule has 2 aromatic carbocycles. The summed E-state index contributed by atoms with van der Waals surface area (Å²) in [5.41, 5.74) is 1.02. The second kappa shape index (κ2) is 9.19. The fourth-order valence-electron chi connectivity index (χ4n) is 4.06. The fourth-order valence-corrected chi connectivity index (χ4v) is 4.28. The van der Waals surface area contributed by atoms with Crippen molar-refractivity contribution in [2.24, 2.45) is 0 Å². The molecular formula is C25H24ClNO6. The van der Waals surface area contributed by atoms with Gasteiger partial charge >= 0.3 is 0 Å². The number of hydrogen-bond acceptors (Lipinski definition) is 6. The number of unbranched alkanes of at least 4 members (excludes halogenated alkanes) is 1. The van der Waals surface area contributed by atoms with Crippen LogP contribution >= 0.6 is 11.6 Å². The maximum Gasteiger partial charge on any atom is 0.290 e. The molecule has 0 aliphatic carbocycles. The van der Waals surface area contributed by atoms with E-state index in [2.05, 4.69) is 0 Å². The summed E-state index contributed by atoms with van der Waals surface area (Å²) in [6, 6.07) is 11.1. The lowest BCUT2D eigenvalue weighted by atomic mass is 9.95. The van der Waals surface area contributed by atoms with E-state index in [1.807, 2.05) is 6.92 Å².